The number of amides is 2. The predicted octanol–water partition coefficient (Wildman–Crippen LogP) is 1.79. The summed E-state index contributed by atoms with van der Waals surface area (Å²) in [6.07, 6.45) is 1.13. The third-order valence-electron chi connectivity index (χ3n) is 3.40. The van der Waals surface area contributed by atoms with Crippen molar-refractivity contribution >= 4 is 29.9 Å². The molecule has 3 N–H and O–H groups in total. The second-order valence-electron chi connectivity index (χ2n) is 5.08. The van der Waals surface area contributed by atoms with Crippen LogP contribution in [-0.4, -0.2) is 31.4 Å². The van der Waals surface area contributed by atoms with Crippen molar-refractivity contribution in [3.8, 4) is 0 Å². The Bertz CT molecular complexity index is 540. The number of halogens is 2. The Morgan fingerprint density at radius 2 is 2.14 bits per heavy atom. The zero-order chi connectivity index (χ0) is 15.2. The quantitative estimate of drug-likeness (QED) is 0.697. The Hall–Kier alpha value is -1.66. The van der Waals surface area contributed by atoms with E-state index in [0.29, 0.717) is 24.3 Å². The third kappa shape index (κ3) is 4.68. The summed E-state index contributed by atoms with van der Waals surface area (Å²) in [6.45, 7) is 4.17. The van der Waals surface area contributed by atoms with Gasteiger partial charge in [0.25, 0.3) is 0 Å². The van der Waals surface area contributed by atoms with E-state index in [1.807, 2.05) is 0 Å². The van der Waals surface area contributed by atoms with Crippen molar-refractivity contribution in [3.63, 3.8) is 0 Å². The van der Waals surface area contributed by atoms with Gasteiger partial charge in [-0.1, -0.05) is 13.0 Å². The van der Waals surface area contributed by atoms with Crippen LogP contribution in [0.2, 0.25) is 0 Å². The highest BCUT2D eigenvalue weighted by molar-refractivity contribution is 6.01. The van der Waals surface area contributed by atoms with Crippen molar-refractivity contribution < 1.29 is 14.0 Å². The maximum atomic E-state index is 13.2. The Kier molecular flexibility index (Phi) is 7.27. The zero-order valence-corrected chi connectivity index (χ0v) is 13.3. The molecule has 1 unspecified atom stereocenters. The van der Waals surface area contributed by atoms with Crippen LogP contribution in [0.4, 0.5) is 10.1 Å². The van der Waals surface area contributed by atoms with Crippen LogP contribution in [0.15, 0.2) is 18.2 Å². The molecule has 122 valence electrons. The van der Waals surface area contributed by atoms with Crippen molar-refractivity contribution in [1.29, 1.82) is 0 Å². The Labute approximate surface area is 135 Å². The number of anilines is 1. The van der Waals surface area contributed by atoms with E-state index in [4.69, 9.17) is 0 Å². The standard InChI is InChI=1S/C15H20FN3O2.ClH/c1-2-5-17-6-7-18-15(21)12-9-14(20)19-13-8-10(16)3-4-11(12)13;/h3-4,8,12,17H,2,5-7,9H2,1H3,(H,18,21)(H,19,20);1H. The molecule has 1 atom stereocenters. The summed E-state index contributed by atoms with van der Waals surface area (Å²) in [4.78, 5) is 23.9. The smallest absolute Gasteiger partial charge is 0.228 e. The van der Waals surface area contributed by atoms with E-state index in [-0.39, 0.29) is 30.6 Å². The molecular weight excluding hydrogens is 309 g/mol. The van der Waals surface area contributed by atoms with Gasteiger partial charge in [0.2, 0.25) is 11.8 Å². The molecule has 0 fully saturated rings. The molecule has 1 aliphatic heterocycles. The topological polar surface area (TPSA) is 70.2 Å². The van der Waals surface area contributed by atoms with Gasteiger partial charge in [-0.05, 0) is 30.7 Å². The number of fused-ring (bicyclic) bond motifs is 1. The summed E-state index contributed by atoms with van der Waals surface area (Å²) in [5.41, 5.74) is 1.05. The zero-order valence-electron chi connectivity index (χ0n) is 12.4. The lowest BCUT2D eigenvalue weighted by molar-refractivity contribution is -0.126. The fourth-order valence-electron chi connectivity index (χ4n) is 2.37. The van der Waals surface area contributed by atoms with Crippen molar-refractivity contribution in [2.24, 2.45) is 0 Å². The molecular formula is C15H21ClFN3O2. The lowest BCUT2D eigenvalue weighted by Crippen LogP contribution is -2.38. The molecule has 2 amide bonds. The fraction of sp³-hybridized carbons (Fsp3) is 0.467. The molecule has 0 bridgehead atoms. The molecule has 1 aromatic carbocycles. The van der Waals surface area contributed by atoms with Gasteiger partial charge in [-0.3, -0.25) is 9.59 Å². The van der Waals surface area contributed by atoms with Gasteiger partial charge in [0.05, 0.1) is 5.92 Å². The fourth-order valence-corrected chi connectivity index (χ4v) is 2.37. The van der Waals surface area contributed by atoms with E-state index in [1.165, 1.54) is 12.1 Å². The second kappa shape index (κ2) is 8.70. The Balaban J connectivity index is 0.00000242. The van der Waals surface area contributed by atoms with Crippen LogP contribution in [0, 0.1) is 5.82 Å². The molecule has 1 aliphatic rings. The van der Waals surface area contributed by atoms with Crippen LogP contribution in [0.25, 0.3) is 0 Å². The first-order valence-electron chi connectivity index (χ1n) is 7.19. The van der Waals surface area contributed by atoms with Gasteiger partial charge in [0, 0.05) is 25.2 Å². The summed E-state index contributed by atoms with van der Waals surface area (Å²) in [5.74, 6) is -1.45. The van der Waals surface area contributed by atoms with Crippen molar-refractivity contribution in [2.45, 2.75) is 25.7 Å². The normalized spacial score (nSPS) is 16.3. The third-order valence-corrected chi connectivity index (χ3v) is 3.40. The highest BCUT2D eigenvalue weighted by Crippen LogP contribution is 2.32. The first kappa shape index (κ1) is 18.4. The highest BCUT2D eigenvalue weighted by Gasteiger charge is 2.30. The van der Waals surface area contributed by atoms with Gasteiger partial charge in [0.1, 0.15) is 5.82 Å². The molecule has 2 rings (SSSR count). The van der Waals surface area contributed by atoms with Gasteiger partial charge >= 0.3 is 0 Å². The molecule has 0 aromatic heterocycles. The molecule has 0 saturated carbocycles. The molecule has 0 radical (unpaired) electrons. The largest absolute Gasteiger partial charge is 0.354 e. The average molecular weight is 330 g/mol. The van der Waals surface area contributed by atoms with Gasteiger partial charge in [-0.2, -0.15) is 0 Å². The van der Waals surface area contributed by atoms with E-state index in [2.05, 4.69) is 22.9 Å². The summed E-state index contributed by atoms with van der Waals surface area (Å²) < 4.78 is 13.2. The van der Waals surface area contributed by atoms with Gasteiger partial charge in [0.15, 0.2) is 0 Å². The minimum atomic E-state index is -0.555. The average Bonchev–Trinajstić information content (AvgIpc) is 2.45. The van der Waals surface area contributed by atoms with Crippen LogP contribution in [0.1, 0.15) is 31.2 Å². The predicted molar refractivity (Wildman–Crippen MR) is 85.8 cm³/mol. The van der Waals surface area contributed by atoms with Crippen molar-refractivity contribution in [1.82, 2.24) is 10.6 Å². The number of rotatable bonds is 6. The van der Waals surface area contributed by atoms with Crippen LogP contribution < -0.4 is 16.0 Å². The van der Waals surface area contributed by atoms with E-state index in [0.717, 1.165) is 13.0 Å². The summed E-state index contributed by atoms with van der Waals surface area (Å²) in [7, 11) is 0. The molecule has 0 saturated heterocycles. The Morgan fingerprint density at radius 3 is 2.86 bits per heavy atom. The number of hydrogen-bond acceptors (Lipinski definition) is 3. The van der Waals surface area contributed by atoms with Gasteiger partial charge in [-0.15, -0.1) is 12.4 Å². The molecule has 1 heterocycles. The van der Waals surface area contributed by atoms with Crippen molar-refractivity contribution in [3.05, 3.63) is 29.6 Å². The van der Waals surface area contributed by atoms with E-state index >= 15 is 0 Å². The molecule has 0 aliphatic carbocycles. The number of carbonyl (C=O) groups is 2. The molecule has 5 nitrogen and oxygen atoms in total. The summed E-state index contributed by atoms with van der Waals surface area (Å²) in [5, 5.41) is 8.60. The lowest BCUT2D eigenvalue weighted by Gasteiger charge is -2.24. The number of carbonyl (C=O) groups excluding carboxylic acids is 2. The molecule has 22 heavy (non-hydrogen) atoms. The van der Waals surface area contributed by atoms with Gasteiger partial charge in [-0.25, -0.2) is 4.39 Å². The second-order valence-corrected chi connectivity index (χ2v) is 5.08. The van der Waals surface area contributed by atoms with Crippen molar-refractivity contribution in [2.75, 3.05) is 25.0 Å². The number of nitrogens with one attached hydrogen (secondary N) is 3. The maximum Gasteiger partial charge on any atom is 0.228 e. The first-order valence-corrected chi connectivity index (χ1v) is 7.19. The molecule has 7 heteroatoms. The number of benzene rings is 1. The molecule has 1 aromatic rings. The first-order chi connectivity index (χ1) is 10.1. The number of hydrogen-bond donors (Lipinski definition) is 3. The Morgan fingerprint density at radius 1 is 1.36 bits per heavy atom. The van der Waals surface area contributed by atoms with Gasteiger partial charge < -0.3 is 16.0 Å². The maximum absolute atomic E-state index is 13.2. The SMILES string of the molecule is CCCNCCNC(=O)C1CC(=O)Nc2cc(F)ccc21.Cl. The summed E-state index contributed by atoms with van der Waals surface area (Å²) in [6, 6.07) is 4.11. The van der Waals surface area contributed by atoms with Crippen LogP contribution in [-0.2, 0) is 9.59 Å². The van der Waals surface area contributed by atoms with E-state index < -0.39 is 11.7 Å². The lowest BCUT2D eigenvalue weighted by atomic mass is 9.89. The van der Waals surface area contributed by atoms with Crippen LogP contribution in [0.5, 0.6) is 0 Å². The van der Waals surface area contributed by atoms with Crippen LogP contribution >= 0.6 is 12.4 Å². The summed E-state index contributed by atoms with van der Waals surface area (Å²) >= 11 is 0. The monoisotopic (exact) mass is 329 g/mol. The minimum Gasteiger partial charge on any atom is -0.354 e. The minimum absolute atomic E-state index is 0. The molecule has 0 spiro atoms. The van der Waals surface area contributed by atoms with Crippen LogP contribution in [0.3, 0.4) is 0 Å². The van der Waals surface area contributed by atoms with E-state index in [9.17, 15) is 14.0 Å². The highest BCUT2D eigenvalue weighted by atomic mass is 35.5. The van der Waals surface area contributed by atoms with E-state index in [1.54, 1.807) is 6.07 Å².